The minimum absolute atomic E-state index is 0.0795. The van der Waals surface area contributed by atoms with Crippen molar-refractivity contribution in [1.82, 2.24) is 9.80 Å². The van der Waals surface area contributed by atoms with Crippen molar-refractivity contribution in [2.75, 3.05) is 54.5 Å². The molecule has 0 fully saturated rings. The quantitative estimate of drug-likeness (QED) is 0.0987. The summed E-state index contributed by atoms with van der Waals surface area (Å²) in [6.07, 6.45) is 10.2. The highest BCUT2D eigenvalue weighted by atomic mass is 16.5. The Labute approximate surface area is 255 Å². The standard InChI is InChI=1S/C36H56N2O4/c1-7-9-13-25-41-33-21-17-29(18-22-33)35(39)31(27-37(3)4)15-11-12-16-32(28-38(5)6)36(40)30-19-23-34(24-20-30)42-26-14-10-8-2/h17-24,31-32H,7-16,25-28H2,1-6H3. The molecule has 6 nitrogen and oxygen atoms in total. The van der Waals surface area contributed by atoms with Gasteiger partial charge in [-0.15, -0.1) is 0 Å². The second-order valence-electron chi connectivity index (χ2n) is 12.1. The first kappa shape index (κ1) is 35.5. The van der Waals surface area contributed by atoms with E-state index in [2.05, 4.69) is 23.6 Å². The molecule has 0 bridgehead atoms. The van der Waals surface area contributed by atoms with E-state index in [1.165, 1.54) is 12.8 Å². The first-order chi connectivity index (χ1) is 20.2. The van der Waals surface area contributed by atoms with Crippen LogP contribution in [0.2, 0.25) is 0 Å². The van der Waals surface area contributed by atoms with Gasteiger partial charge in [0.1, 0.15) is 11.5 Å². The van der Waals surface area contributed by atoms with Crippen LogP contribution in [-0.4, -0.2) is 75.9 Å². The van der Waals surface area contributed by atoms with E-state index in [0.717, 1.165) is 74.0 Å². The lowest BCUT2D eigenvalue weighted by Crippen LogP contribution is -2.29. The van der Waals surface area contributed by atoms with E-state index >= 15 is 0 Å². The van der Waals surface area contributed by atoms with Crippen molar-refractivity contribution in [2.24, 2.45) is 11.8 Å². The SMILES string of the molecule is CCCCCOc1ccc(C(=O)C(CCCCC(CN(C)C)C(=O)c2ccc(OCCCCC)cc2)CN(C)C)cc1. The Bertz CT molecular complexity index is 934. The van der Waals surface area contributed by atoms with Crippen molar-refractivity contribution in [3.05, 3.63) is 59.7 Å². The third kappa shape index (κ3) is 13.5. The molecule has 0 saturated carbocycles. The lowest BCUT2D eigenvalue weighted by Gasteiger charge is -2.22. The van der Waals surface area contributed by atoms with E-state index in [0.29, 0.717) is 26.3 Å². The van der Waals surface area contributed by atoms with Crippen LogP contribution in [-0.2, 0) is 0 Å². The maximum absolute atomic E-state index is 13.4. The predicted octanol–water partition coefficient (Wildman–Crippen LogP) is 7.81. The maximum Gasteiger partial charge on any atom is 0.167 e. The summed E-state index contributed by atoms with van der Waals surface area (Å²) in [5, 5.41) is 0. The molecule has 0 spiro atoms. The number of hydrogen-bond acceptors (Lipinski definition) is 6. The molecule has 0 aromatic heterocycles. The highest BCUT2D eigenvalue weighted by Gasteiger charge is 2.23. The topological polar surface area (TPSA) is 59.1 Å². The van der Waals surface area contributed by atoms with E-state index < -0.39 is 0 Å². The van der Waals surface area contributed by atoms with Gasteiger partial charge < -0.3 is 19.3 Å². The second-order valence-corrected chi connectivity index (χ2v) is 12.1. The Morgan fingerprint density at radius 2 is 0.929 bits per heavy atom. The van der Waals surface area contributed by atoms with Crippen LogP contribution in [0.15, 0.2) is 48.5 Å². The van der Waals surface area contributed by atoms with E-state index in [4.69, 9.17) is 9.47 Å². The van der Waals surface area contributed by atoms with Gasteiger partial charge in [-0.1, -0.05) is 52.4 Å². The van der Waals surface area contributed by atoms with E-state index in [-0.39, 0.29) is 23.4 Å². The Morgan fingerprint density at radius 3 is 1.24 bits per heavy atom. The number of carbonyl (C=O) groups is 2. The van der Waals surface area contributed by atoms with Crippen molar-refractivity contribution in [3.8, 4) is 11.5 Å². The van der Waals surface area contributed by atoms with Crippen molar-refractivity contribution in [3.63, 3.8) is 0 Å². The first-order valence-electron chi connectivity index (χ1n) is 16.1. The molecule has 0 aliphatic carbocycles. The Hall–Kier alpha value is -2.70. The van der Waals surface area contributed by atoms with Gasteiger partial charge in [0.15, 0.2) is 11.6 Å². The first-order valence-corrected chi connectivity index (χ1v) is 16.1. The summed E-state index contributed by atoms with van der Waals surface area (Å²) in [4.78, 5) is 31.1. The van der Waals surface area contributed by atoms with Gasteiger partial charge in [0.05, 0.1) is 13.2 Å². The molecular weight excluding hydrogens is 524 g/mol. The lowest BCUT2D eigenvalue weighted by atomic mass is 9.88. The van der Waals surface area contributed by atoms with Crippen LogP contribution in [0.3, 0.4) is 0 Å². The van der Waals surface area contributed by atoms with E-state index in [1.807, 2.05) is 76.7 Å². The molecule has 2 atom stereocenters. The average Bonchev–Trinajstić information content (AvgIpc) is 2.98. The van der Waals surface area contributed by atoms with Crippen molar-refractivity contribution < 1.29 is 19.1 Å². The number of nitrogens with zero attached hydrogens (tertiary/aromatic N) is 2. The molecule has 0 aliphatic heterocycles. The number of rotatable bonds is 23. The van der Waals surface area contributed by atoms with Gasteiger partial charge in [0.25, 0.3) is 0 Å². The highest BCUT2D eigenvalue weighted by Crippen LogP contribution is 2.23. The fraction of sp³-hybridized carbons (Fsp3) is 0.611. The van der Waals surface area contributed by atoms with Gasteiger partial charge in [-0.05, 0) is 102 Å². The van der Waals surface area contributed by atoms with Gasteiger partial charge in [0, 0.05) is 36.1 Å². The molecule has 0 radical (unpaired) electrons. The molecule has 0 heterocycles. The molecular formula is C36H56N2O4. The number of benzene rings is 2. The molecule has 2 aromatic rings. The molecule has 2 aromatic carbocycles. The normalized spacial score (nSPS) is 12.9. The molecule has 0 saturated heterocycles. The van der Waals surface area contributed by atoms with Crippen LogP contribution >= 0.6 is 0 Å². The highest BCUT2D eigenvalue weighted by molar-refractivity contribution is 5.98. The lowest BCUT2D eigenvalue weighted by molar-refractivity contribution is 0.0867. The zero-order valence-corrected chi connectivity index (χ0v) is 27.2. The number of Topliss-reactive ketones (excluding diaryl/α,β-unsaturated/α-hetero) is 2. The monoisotopic (exact) mass is 580 g/mol. The molecule has 6 heteroatoms. The van der Waals surface area contributed by atoms with Crippen LogP contribution < -0.4 is 9.47 Å². The Balaban J connectivity index is 1.93. The summed E-state index contributed by atoms with van der Waals surface area (Å²) in [5.41, 5.74) is 1.47. The van der Waals surface area contributed by atoms with Gasteiger partial charge >= 0.3 is 0 Å². The fourth-order valence-corrected chi connectivity index (χ4v) is 5.26. The van der Waals surface area contributed by atoms with Crippen LogP contribution in [0.1, 0.15) is 98.8 Å². The molecule has 0 N–H and O–H groups in total. The largest absolute Gasteiger partial charge is 0.494 e. The minimum Gasteiger partial charge on any atom is -0.494 e. The van der Waals surface area contributed by atoms with Crippen LogP contribution in [0.5, 0.6) is 11.5 Å². The number of unbranched alkanes of at least 4 members (excludes halogenated alkanes) is 5. The summed E-state index contributed by atoms with van der Waals surface area (Å²) >= 11 is 0. The van der Waals surface area contributed by atoms with E-state index in [9.17, 15) is 9.59 Å². The summed E-state index contributed by atoms with van der Waals surface area (Å²) in [6, 6.07) is 15.2. The van der Waals surface area contributed by atoms with Gasteiger partial charge in [-0.25, -0.2) is 0 Å². The summed E-state index contributed by atoms with van der Waals surface area (Å²) in [5.74, 6) is 1.84. The second kappa shape index (κ2) is 20.2. The molecule has 0 amide bonds. The molecule has 42 heavy (non-hydrogen) atoms. The van der Waals surface area contributed by atoms with Gasteiger partial charge in [-0.3, -0.25) is 9.59 Å². The molecule has 0 aliphatic rings. The molecule has 234 valence electrons. The zero-order valence-electron chi connectivity index (χ0n) is 27.2. The third-order valence-corrected chi connectivity index (χ3v) is 7.58. The number of hydrogen-bond donors (Lipinski definition) is 0. The smallest absolute Gasteiger partial charge is 0.167 e. The van der Waals surface area contributed by atoms with Crippen LogP contribution in [0.25, 0.3) is 0 Å². The maximum atomic E-state index is 13.4. The van der Waals surface area contributed by atoms with Crippen molar-refractivity contribution in [1.29, 1.82) is 0 Å². The van der Waals surface area contributed by atoms with Crippen LogP contribution in [0, 0.1) is 11.8 Å². The van der Waals surface area contributed by atoms with Gasteiger partial charge in [0.2, 0.25) is 0 Å². The van der Waals surface area contributed by atoms with Crippen molar-refractivity contribution in [2.45, 2.75) is 78.1 Å². The van der Waals surface area contributed by atoms with Crippen LogP contribution in [0.4, 0.5) is 0 Å². The summed E-state index contributed by atoms with van der Waals surface area (Å²) in [7, 11) is 8.06. The minimum atomic E-state index is -0.0795. The number of carbonyl (C=O) groups excluding carboxylic acids is 2. The Morgan fingerprint density at radius 1 is 0.571 bits per heavy atom. The molecule has 2 rings (SSSR count). The zero-order chi connectivity index (χ0) is 30.7. The number of ether oxygens (including phenoxy) is 2. The van der Waals surface area contributed by atoms with Crippen molar-refractivity contribution >= 4 is 11.6 Å². The van der Waals surface area contributed by atoms with E-state index in [1.54, 1.807) is 0 Å². The Kier molecular flexibility index (Phi) is 17.1. The average molecular weight is 581 g/mol. The number of ketones is 2. The predicted molar refractivity (Wildman–Crippen MR) is 174 cm³/mol. The summed E-state index contributed by atoms with van der Waals surface area (Å²) in [6.45, 7) is 7.19. The fourth-order valence-electron chi connectivity index (χ4n) is 5.26. The molecule has 2 unspecified atom stereocenters. The summed E-state index contributed by atoms with van der Waals surface area (Å²) < 4.78 is 11.6. The third-order valence-electron chi connectivity index (χ3n) is 7.58. The van der Waals surface area contributed by atoms with Gasteiger partial charge in [-0.2, -0.15) is 0 Å².